The van der Waals surface area contributed by atoms with E-state index in [0.717, 1.165) is 24.2 Å². The zero-order valence-electron chi connectivity index (χ0n) is 11.5. The fraction of sp³-hybridized carbons (Fsp3) is 0.357. The van der Waals surface area contributed by atoms with Crippen molar-refractivity contribution in [2.75, 3.05) is 25.6 Å². The predicted molar refractivity (Wildman–Crippen MR) is 80.9 cm³/mol. The highest BCUT2D eigenvalue weighted by atomic mass is 79.9. The summed E-state index contributed by atoms with van der Waals surface area (Å²) >= 11 is 3.19. The third-order valence-corrected chi connectivity index (χ3v) is 3.56. The highest BCUT2D eigenvalue weighted by molar-refractivity contribution is 9.10. The van der Waals surface area contributed by atoms with Crippen LogP contribution in [0.2, 0.25) is 0 Å². The van der Waals surface area contributed by atoms with Crippen LogP contribution in [0.25, 0.3) is 5.69 Å². The number of nitrogens with one attached hydrogen (secondary N) is 1. The maximum atomic E-state index is 13.7. The Morgan fingerprint density at radius 1 is 1.45 bits per heavy atom. The van der Waals surface area contributed by atoms with E-state index < -0.39 is 0 Å². The van der Waals surface area contributed by atoms with Gasteiger partial charge in [-0.15, -0.1) is 0 Å². The molecule has 0 spiro atoms. The highest BCUT2D eigenvalue weighted by Crippen LogP contribution is 2.25. The Kier molecular flexibility index (Phi) is 5.14. The van der Waals surface area contributed by atoms with Crippen molar-refractivity contribution in [3.05, 3.63) is 40.4 Å². The van der Waals surface area contributed by atoms with Gasteiger partial charge in [0.25, 0.3) is 0 Å². The number of aryl methyl sites for hydroxylation is 1. The molecule has 6 heteroatoms. The van der Waals surface area contributed by atoms with Crippen LogP contribution in [-0.2, 0) is 4.74 Å². The molecule has 108 valence electrons. The fourth-order valence-electron chi connectivity index (χ4n) is 1.94. The van der Waals surface area contributed by atoms with Crippen LogP contribution < -0.4 is 5.32 Å². The summed E-state index contributed by atoms with van der Waals surface area (Å²) in [6, 6.07) is 3.26. The molecule has 0 unspecified atom stereocenters. The molecule has 4 nitrogen and oxygen atoms in total. The number of hydrogen-bond donors (Lipinski definition) is 1. The van der Waals surface area contributed by atoms with E-state index in [-0.39, 0.29) is 5.82 Å². The molecule has 2 aromatic rings. The predicted octanol–water partition coefficient (Wildman–Crippen LogP) is 3.53. The Balaban J connectivity index is 2.21. The lowest BCUT2D eigenvalue weighted by molar-refractivity contribution is 0.197. The third-order valence-electron chi connectivity index (χ3n) is 2.95. The molecule has 0 amide bonds. The van der Waals surface area contributed by atoms with E-state index in [1.807, 2.05) is 17.7 Å². The molecule has 1 aromatic heterocycles. The molecule has 0 saturated carbocycles. The van der Waals surface area contributed by atoms with Crippen molar-refractivity contribution in [2.45, 2.75) is 13.3 Å². The van der Waals surface area contributed by atoms with Crippen molar-refractivity contribution < 1.29 is 9.13 Å². The van der Waals surface area contributed by atoms with Crippen molar-refractivity contribution in [3.63, 3.8) is 0 Å². The second-order valence-electron chi connectivity index (χ2n) is 4.45. The van der Waals surface area contributed by atoms with E-state index >= 15 is 0 Å². The van der Waals surface area contributed by atoms with Gasteiger partial charge in [-0.1, -0.05) is 0 Å². The van der Waals surface area contributed by atoms with Crippen molar-refractivity contribution in [3.8, 4) is 5.69 Å². The summed E-state index contributed by atoms with van der Waals surface area (Å²) in [6.07, 6.45) is 4.39. The molecule has 20 heavy (non-hydrogen) atoms. The van der Waals surface area contributed by atoms with Crippen LogP contribution in [0.1, 0.15) is 12.0 Å². The molecule has 0 fully saturated rings. The van der Waals surface area contributed by atoms with E-state index in [1.54, 1.807) is 19.4 Å². The molecule has 0 radical (unpaired) electrons. The Labute approximate surface area is 126 Å². The van der Waals surface area contributed by atoms with Crippen molar-refractivity contribution in [1.29, 1.82) is 0 Å². The SMILES string of the molecule is COCCCNc1nccn1-c1cc(F)c(Br)cc1C. The Morgan fingerprint density at radius 3 is 3.00 bits per heavy atom. The molecule has 1 heterocycles. The van der Waals surface area contributed by atoms with Gasteiger partial charge in [0.1, 0.15) is 5.82 Å². The van der Waals surface area contributed by atoms with Crippen LogP contribution in [0.15, 0.2) is 29.0 Å². The standard InChI is InChI=1S/C14H17BrFN3O/c1-10-8-11(15)12(16)9-13(10)19-6-5-18-14(19)17-4-3-7-20-2/h5-6,8-9H,3-4,7H2,1-2H3,(H,17,18). The molecule has 0 aliphatic heterocycles. The van der Waals surface area contributed by atoms with Gasteiger partial charge in [0.2, 0.25) is 5.95 Å². The van der Waals surface area contributed by atoms with Gasteiger partial charge in [-0.25, -0.2) is 9.37 Å². The molecule has 1 N–H and O–H groups in total. The monoisotopic (exact) mass is 341 g/mol. The molecule has 2 rings (SSSR count). The molecule has 1 aromatic carbocycles. The summed E-state index contributed by atoms with van der Waals surface area (Å²) in [5.41, 5.74) is 1.74. The van der Waals surface area contributed by atoms with Crippen LogP contribution in [0.4, 0.5) is 10.3 Å². The number of halogens is 2. The summed E-state index contributed by atoms with van der Waals surface area (Å²) < 4.78 is 21.0. The van der Waals surface area contributed by atoms with Gasteiger partial charge in [0.05, 0.1) is 10.2 Å². The Bertz CT molecular complexity index is 586. The minimum atomic E-state index is -0.287. The van der Waals surface area contributed by atoms with Crippen LogP contribution in [0.3, 0.4) is 0 Å². The minimum Gasteiger partial charge on any atom is -0.385 e. The van der Waals surface area contributed by atoms with Gasteiger partial charge in [-0.3, -0.25) is 4.57 Å². The lowest BCUT2D eigenvalue weighted by Crippen LogP contribution is -2.10. The average molecular weight is 342 g/mol. The maximum Gasteiger partial charge on any atom is 0.207 e. The smallest absolute Gasteiger partial charge is 0.207 e. The normalized spacial score (nSPS) is 10.8. The second-order valence-corrected chi connectivity index (χ2v) is 5.30. The lowest BCUT2D eigenvalue weighted by atomic mass is 10.2. The molecular formula is C14H17BrFN3O. The molecular weight excluding hydrogens is 325 g/mol. The van der Waals surface area contributed by atoms with Crippen molar-refractivity contribution >= 4 is 21.9 Å². The molecule has 0 atom stereocenters. The van der Waals surface area contributed by atoms with Gasteiger partial charge < -0.3 is 10.1 Å². The van der Waals surface area contributed by atoms with Crippen molar-refractivity contribution in [2.24, 2.45) is 0 Å². The minimum absolute atomic E-state index is 0.287. The third kappa shape index (κ3) is 3.37. The first kappa shape index (κ1) is 15.0. The van der Waals surface area contributed by atoms with Gasteiger partial charge in [-0.05, 0) is 47.0 Å². The molecule has 0 bridgehead atoms. The average Bonchev–Trinajstić information content (AvgIpc) is 2.87. The number of methoxy groups -OCH3 is 1. The quantitative estimate of drug-likeness (QED) is 0.817. The summed E-state index contributed by atoms with van der Waals surface area (Å²) in [5, 5.41) is 3.23. The summed E-state index contributed by atoms with van der Waals surface area (Å²) in [4.78, 5) is 4.26. The summed E-state index contributed by atoms with van der Waals surface area (Å²) in [7, 11) is 1.68. The zero-order chi connectivity index (χ0) is 14.5. The van der Waals surface area contributed by atoms with E-state index in [4.69, 9.17) is 4.74 Å². The van der Waals surface area contributed by atoms with Crippen LogP contribution in [0, 0.1) is 12.7 Å². The second kappa shape index (κ2) is 6.85. The number of ether oxygens (including phenoxy) is 1. The number of aromatic nitrogens is 2. The lowest BCUT2D eigenvalue weighted by Gasteiger charge is -2.13. The number of rotatable bonds is 6. The molecule has 0 aliphatic rings. The first-order chi connectivity index (χ1) is 9.63. The van der Waals surface area contributed by atoms with E-state index in [2.05, 4.69) is 26.2 Å². The summed E-state index contributed by atoms with van der Waals surface area (Å²) in [6.45, 7) is 3.39. The van der Waals surface area contributed by atoms with Crippen LogP contribution >= 0.6 is 15.9 Å². The van der Waals surface area contributed by atoms with E-state index in [1.165, 1.54) is 6.07 Å². The number of anilines is 1. The Hall–Kier alpha value is -1.40. The summed E-state index contributed by atoms with van der Waals surface area (Å²) in [5.74, 6) is 0.413. The number of hydrogen-bond acceptors (Lipinski definition) is 3. The number of nitrogens with zero attached hydrogens (tertiary/aromatic N) is 2. The van der Waals surface area contributed by atoms with E-state index in [0.29, 0.717) is 17.0 Å². The van der Waals surface area contributed by atoms with Crippen molar-refractivity contribution in [1.82, 2.24) is 9.55 Å². The molecule has 0 aliphatic carbocycles. The molecule has 0 saturated heterocycles. The first-order valence-corrected chi connectivity index (χ1v) is 7.15. The Morgan fingerprint density at radius 2 is 2.25 bits per heavy atom. The topological polar surface area (TPSA) is 39.1 Å². The van der Waals surface area contributed by atoms with Gasteiger partial charge >= 0.3 is 0 Å². The van der Waals surface area contributed by atoms with Gasteiger partial charge in [0, 0.05) is 32.7 Å². The van der Waals surface area contributed by atoms with Gasteiger partial charge in [-0.2, -0.15) is 0 Å². The van der Waals surface area contributed by atoms with Crippen LogP contribution in [0.5, 0.6) is 0 Å². The maximum absolute atomic E-state index is 13.7. The van der Waals surface area contributed by atoms with Crippen LogP contribution in [-0.4, -0.2) is 29.8 Å². The number of imidazole rings is 1. The fourth-order valence-corrected chi connectivity index (χ4v) is 2.40. The number of benzene rings is 1. The highest BCUT2D eigenvalue weighted by Gasteiger charge is 2.10. The van der Waals surface area contributed by atoms with Gasteiger partial charge in [0.15, 0.2) is 0 Å². The largest absolute Gasteiger partial charge is 0.385 e. The zero-order valence-corrected chi connectivity index (χ0v) is 13.1. The van der Waals surface area contributed by atoms with E-state index in [9.17, 15) is 4.39 Å². The first-order valence-electron chi connectivity index (χ1n) is 6.35.